The number of benzene rings is 2. The average molecular weight is 553 g/mol. The predicted molar refractivity (Wildman–Crippen MR) is 155 cm³/mol. The monoisotopic (exact) mass is 552 g/mol. The third kappa shape index (κ3) is 10.4. The maximum absolute atomic E-state index is 12.1. The molecule has 0 unspecified atom stereocenters. The molecule has 0 spiro atoms. The second kappa shape index (κ2) is 15.9. The summed E-state index contributed by atoms with van der Waals surface area (Å²) in [6.45, 7) is 6.49. The van der Waals surface area contributed by atoms with Crippen LogP contribution in [0.4, 0.5) is 0 Å². The Morgan fingerprint density at radius 3 is 2.40 bits per heavy atom. The van der Waals surface area contributed by atoms with Crippen molar-refractivity contribution in [1.29, 1.82) is 0 Å². The Kier molecular flexibility index (Phi) is 12.6. The van der Waals surface area contributed by atoms with E-state index in [1.165, 1.54) is 14.2 Å². The van der Waals surface area contributed by atoms with Crippen molar-refractivity contribution in [1.82, 2.24) is 14.9 Å². The molecular formula is C29H40N6O5. The fraction of sp³-hybridized carbons (Fsp3) is 0.379. The van der Waals surface area contributed by atoms with Crippen molar-refractivity contribution in [2.45, 2.75) is 52.6 Å². The molecule has 3 rings (SSSR count). The van der Waals surface area contributed by atoms with Crippen molar-refractivity contribution in [2.75, 3.05) is 14.2 Å². The van der Waals surface area contributed by atoms with Crippen molar-refractivity contribution in [3.63, 3.8) is 0 Å². The second-order valence-corrected chi connectivity index (χ2v) is 9.53. The standard InChI is InChI=1S/C18H27N3O5.C11H13N3/c1-11(2)7-13(10-17(23)24)20-18(19)21-16(22)9-12-5-6-14(25-3)15(8-12)26-4;1-9-13-5-6-14(9)11-4-2-3-10(7-11)8-12/h5-6,8,11,13H,7,9-10H2,1-4H3,(H,23,24)(H3,19,20,21,22);2-7H,8,12H2,1H3/t13-;/m1./s1. The fourth-order valence-electron chi connectivity index (χ4n) is 4.00. The highest BCUT2D eigenvalue weighted by atomic mass is 16.5. The number of aliphatic carboxylic acids is 1. The number of aromatic nitrogens is 2. The lowest BCUT2D eigenvalue weighted by Gasteiger charge is -2.14. The van der Waals surface area contributed by atoms with Crippen LogP contribution < -0.4 is 26.3 Å². The van der Waals surface area contributed by atoms with Crippen LogP contribution in [0.15, 0.2) is 59.9 Å². The highest BCUT2D eigenvalue weighted by Gasteiger charge is 2.16. The number of aryl methyl sites for hydroxylation is 1. The summed E-state index contributed by atoms with van der Waals surface area (Å²) < 4.78 is 12.4. The molecule has 3 aromatic rings. The van der Waals surface area contributed by atoms with Crippen LogP contribution in [0.2, 0.25) is 0 Å². The minimum Gasteiger partial charge on any atom is -0.493 e. The van der Waals surface area contributed by atoms with Crippen LogP contribution >= 0.6 is 0 Å². The highest BCUT2D eigenvalue weighted by molar-refractivity contribution is 5.97. The molecule has 1 amide bonds. The van der Waals surface area contributed by atoms with E-state index in [2.05, 4.69) is 21.4 Å². The van der Waals surface area contributed by atoms with Gasteiger partial charge >= 0.3 is 5.97 Å². The first-order valence-electron chi connectivity index (χ1n) is 12.9. The third-order valence-corrected chi connectivity index (χ3v) is 5.81. The first-order chi connectivity index (χ1) is 19.1. The Morgan fingerprint density at radius 2 is 1.82 bits per heavy atom. The van der Waals surface area contributed by atoms with E-state index in [-0.39, 0.29) is 30.6 Å². The second-order valence-electron chi connectivity index (χ2n) is 9.53. The van der Waals surface area contributed by atoms with Crippen LogP contribution in [0.3, 0.4) is 0 Å². The quantitative estimate of drug-likeness (QED) is 0.208. The molecular weight excluding hydrogens is 512 g/mol. The van der Waals surface area contributed by atoms with Crippen LogP contribution in [0.25, 0.3) is 5.69 Å². The van der Waals surface area contributed by atoms with Crippen LogP contribution in [0, 0.1) is 12.8 Å². The van der Waals surface area contributed by atoms with Crippen molar-refractivity contribution >= 4 is 17.8 Å². The number of guanidine groups is 1. The Balaban J connectivity index is 0.000000333. The van der Waals surface area contributed by atoms with Crippen LogP contribution in [0.1, 0.15) is 43.6 Å². The summed E-state index contributed by atoms with van der Waals surface area (Å²) in [6.07, 6.45) is 4.25. The van der Waals surface area contributed by atoms with Gasteiger partial charge in [-0.3, -0.25) is 14.9 Å². The topological polar surface area (TPSA) is 167 Å². The molecule has 0 fully saturated rings. The molecule has 0 aliphatic heterocycles. The van der Waals surface area contributed by atoms with Gasteiger partial charge in [-0.2, -0.15) is 0 Å². The number of aliphatic imine (C=N–C) groups is 1. The van der Waals surface area contributed by atoms with Crippen molar-refractivity contribution in [3.8, 4) is 17.2 Å². The van der Waals surface area contributed by atoms with E-state index >= 15 is 0 Å². The van der Waals surface area contributed by atoms with Crippen LogP contribution in [-0.4, -0.2) is 52.8 Å². The lowest BCUT2D eigenvalue weighted by atomic mass is 10.0. The van der Waals surface area contributed by atoms with Crippen molar-refractivity contribution < 1.29 is 24.2 Å². The summed E-state index contributed by atoms with van der Waals surface area (Å²) in [5.74, 6) is 0.960. The van der Waals surface area contributed by atoms with Gasteiger partial charge < -0.3 is 30.6 Å². The van der Waals surface area contributed by atoms with E-state index in [0.29, 0.717) is 24.5 Å². The van der Waals surface area contributed by atoms with E-state index in [9.17, 15) is 9.59 Å². The zero-order chi connectivity index (χ0) is 29.7. The number of methoxy groups -OCH3 is 2. The molecule has 6 N–H and O–H groups in total. The predicted octanol–water partition coefficient (Wildman–Crippen LogP) is 3.21. The summed E-state index contributed by atoms with van der Waals surface area (Å²) in [4.78, 5) is 31.4. The van der Waals surface area contributed by atoms with Gasteiger partial charge in [-0.15, -0.1) is 0 Å². The molecule has 216 valence electrons. The summed E-state index contributed by atoms with van der Waals surface area (Å²) in [6, 6.07) is 12.9. The lowest BCUT2D eigenvalue weighted by molar-refractivity contribution is -0.137. The number of hydrogen-bond donors (Lipinski definition) is 4. The molecule has 0 radical (unpaired) electrons. The number of rotatable bonds is 11. The largest absolute Gasteiger partial charge is 0.493 e. The minimum absolute atomic E-state index is 0.0738. The average Bonchev–Trinajstić information content (AvgIpc) is 3.33. The van der Waals surface area contributed by atoms with Gasteiger partial charge in [-0.05, 0) is 54.7 Å². The summed E-state index contributed by atoms with van der Waals surface area (Å²) in [7, 11) is 3.05. The van der Waals surface area contributed by atoms with E-state index in [1.807, 2.05) is 49.7 Å². The smallest absolute Gasteiger partial charge is 0.305 e. The number of hydrogen-bond acceptors (Lipinski definition) is 7. The van der Waals surface area contributed by atoms with E-state index in [0.717, 1.165) is 22.6 Å². The van der Waals surface area contributed by atoms with Gasteiger partial charge in [-0.1, -0.05) is 32.0 Å². The van der Waals surface area contributed by atoms with Gasteiger partial charge in [0.05, 0.1) is 33.1 Å². The molecule has 0 saturated heterocycles. The Labute approximate surface area is 235 Å². The summed E-state index contributed by atoms with van der Waals surface area (Å²) >= 11 is 0. The number of carboxylic acid groups (broad SMARTS) is 1. The third-order valence-electron chi connectivity index (χ3n) is 5.81. The minimum atomic E-state index is -0.955. The molecule has 0 aliphatic rings. The number of nitrogens with zero attached hydrogens (tertiary/aromatic N) is 3. The van der Waals surface area contributed by atoms with E-state index in [1.54, 1.807) is 24.4 Å². The van der Waals surface area contributed by atoms with Crippen LogP contribution in [0.5, 0.6) is 11.5 Å². The first kappa shape index (κ1) is 31.8. The number of nitrogens with two attached hydrogens (primary N) is 2. The number of carboxylic acids is 1. The van der Waals surface area contributed by atoms with Crippen molar-refractivity contribution in [3.05, 3.63) is 71.8 Å². The molecule has 1 atom stereocenters. The molecule has 40 heavy (non-hydrogen) atoms. The zero-order valence-corrected chi connectivity index (χ0v) is 23.8. The summed E-state index contributed by atoms with van der Waals surface area (Å²) in [5, 5.41) is 11.5. The Bertz CT molecular complexity index is 1290. The Morgan fingerprint density at radius 1 is 1.10 bits per heavy atom. The molecule has 1 aromatic heterocycles. The molecule has 2 aromatic carbocycles. The highest BCUT2D eigenvalue weighted by Crippen LogP contribution is 2.27. The van der Waals surface area contributed by atoms with Crippen LogP contribution in [-0.2, 0) is 22.6 Å². The number of carbonyl (C=O) groups is 2. The SMILES string of the molecule is COc1ccc(CC(=O)NC(N)=N[C@@H](CC(=O)O)CC(C)C)cc1OC.Cc1nccn1-c1cccc(CN)c1. The van der Waals surface area contributed by atoms with Gasteiger partial charge in [0.15, 0.2) is 17.5 Å². The number of imidazole rings is 1. The van der Waals surface area contributed by atoms with Gasteiger partial charge in [-0.25, -0.2) is 9.98 Å². The number of nitrogens with one attached hydrogen (secondary N) is 1. The zero-order valence-electron chi connectivity index (χ0n) is 23.8. The van der Waals surface area contributed by atoms with E-state index in [4.69, 9.17) is 26.0 Å². The van der Waals surface area contributed by atoms with Gasteiger partial charge in [0, 0.05) is 24.6 Å². The molecule has 0 saturated carbocycles. The van der Waals surface area contributed by atoms with Gasteiger partial charge in [0.2, 0.25) is 5.91 Å². The maximum atomic E-state index is 12.1. The molecule has 11 heteroatoms. The fourth-order valence-corrected chi connectivity index (χ4v) is 4.00. The normalized spacial score (nSPS) is 11.8. The Hall–Kier alpha value is -4.38. The number of carbonyl (C=O) groups excluding carboxylic acids is 1. The number of amides is 1. The van der Waals surface area contributed by atoms with Crippen molar-refractivity contribution in [2.24, 2.45) is 22.4 Å². The summed E-state index contributed by atoms with van der Waals surface area (Å²) in [5.41, 5.74) is 14.3. The molecule has 1 heterocycles. The maximum Gasteiger partial charge on any atom is 0.305 e. The first-order valence-corrected chi connectivity index (χ1v) is 12.9. The molecule has 11 nitrogen and oxygen atoms in total. The molecule has 0 bridgehead atoms. The molecule has 0 aliphatic carbocycles. The number of ether oxygens (including phenoxy) is 2. The van der Waals surface area contributed by atoms with Gasteiger partial charge in [0.25, 0.3) is 0 Å². The van der Waals surface area contributed by atoms with E-state index < -0.39 is 12.0 Å². The lowest BCUT2D eigenvalue weighted by Crippen LogP contribution is -2.39. The van der Waals surface area contributed by atoms with Gasteiger partial charge in [0.1, 0.15) is 5.82 Å².